The van der Waals surface area contributed by atoms with Gasteiger partial charge in [0.25, 0.3) is 0 Å². The molecule has 0 aromatic heterocycles. The highest BCUT2D eigenvalue weighted by molar-refractivity contribution is 7.93. The molecule has 32 heavy (non-hydrogen) atoms. The number of sulfonamides is 1. The lowest BCUT2D eigenvalue weighted by Crippen LogP contribution is -2.62. The maximum absolute atomic E-state index is 12.6. The molecule has 4 saturated carbocycles. The number of benzene rings is 1. The van der Waals surface area contributed by atoms with Gasteiger partial charge in [0, 0.05) is 17.8 Å². The highest BCUT2D eigenvalue weighted by Gasteiger charge is 2.51. The van der Waals surface area contributed by atoms with Crippen LogP contribution in [0.25, 0.3) is 0 Å². The van der Waals surface area contributed by atoms with Crippen LogP contribution in [0.5, 0.6) is 0 Å². The first-order valence-electron chi connectivity index (χ1n) is 11.7. The zero-order valence-corrected chi connectivity index (χ0v) is 19.3. The summed E-state index contributed by atoms with van der Waals surface area (Å²) in [6, 6.07) is 5.95. The summed E-state index contributed by atoms with van der Waals surface area (Å²) in [5, 5.41) is 8.75. The molecule has 3 N–H and O–H groups in total. The third-order valence-corrected chi connectivity index (χ3v) is 9.55. The molecule has 6 rings (SSSR count). The zero-order chi connectivity index (χ0) is 22.5. The Hall–Kier alpha value is -2.29. The van der Waals surface area contributed by atoms with Crippen LogP contribution in [0, 0.1) is 17.8 Å². The molecular formula is C23H32N4O4S. The van der Waals surface area contributed by atoms with Crippen molar-refractivity contribution in [2.24, 2.45) is 17.8 Å². The maximum atomic E-state index is 12.6. The predicted molar refractivity (Wildman–Crippen MR) is 123 cm³/mol. The van der Waals surface area contributed by atoms with Crippen molar-refractivity contribution in [1.29, 1.82) is 0 Å². The third kappa shape index (κ3) is 4.19. The first-order valence-corrected chi connectivity index (χ1v) is 13.3. The molecular weight excluding hydrogens is 428 g/mol. The van der Waals surface area contributed by atoms with Crippen molar-refractivity contribution in [3.8, 4) is 0 Å². The van der Waals surface area contributed by atoms with Gasteiger partial charge in [0.2, 0.25) is 15.9 Å². The maximum Gasteiger partial charge on any atom is 0.321 e. The second kappa shape index (κ2) is 7.93. The van der Waals surface area contributed by atoms with Crippen LogP contribution in [0.15, 0.2) is 24.3 Å². The molecule has 9 heteroatoms. The van der Waals surface area contributed by atoms with Crippen LogP contribution in [0.2, 0.25) is 0 Å². The molecule has 4 bridgehead atoms. The Bertz CT molecular complexity index is 972. The van der Waals surface area contributed by atoms with Crippen LogP contribution >= 0.6 is 0 Å². The molecule has 1 heterocycles. The van der Waals surface area contributed by atoms with Gasteiger partial charge in [-0.3, -0.25) is 14.4 Å². The zero-order valence-electron chi connectivity index (χ0n) is 18.5. The molecule has 3 amide bonds. The van der Waals surface area contributed by atoms with Crippen molar-refractivity contribution >= 4 is 33.3 Å². The number of hydrogen-bond acceptors (Lipinski definition) is 5. The van der Waals surface area contributed by atoms with Crippen molar-refractivity contribution in [2.75, 3.05) is 21.9 Å². The van der Waals surface area contributed by atoms with Gasteiger partial charge in [-0.2, -0.15) is 0 Å². The summed E-state index contributed by atoms with van der Waals surface area (Å²) in [5.74, 6) is 1.94. The molecule has 1 unspecified atom stereocenters. The lowest BCUT2D eigenvalue weighted by atomic mass is 9.53. The van der Waals surface area contributed by atoms with Crippen LogP contribution in [0.3, 0.4) is 0 Å². The number of rotatable bonds is 5. The number of carbonyl (C=O) groups is 2. The third-order valence-electron chi connectivity index (χ3n) is 7.68. The highest BCUT2D eigenvalue weighted by Crippen LogP contribution is 2.55. The first-order chi connectivity index (χ1) is 15.2. The number of urea groups is 1. The smallest absolute Gasteiger partial charge is 0.321 e. The van der Waals surface area contributed by atoms with Gasteiger partial charge in [0.1, 0.15) is 6.04 Å². The summed E-state index contributed by atoms with van der Waals surface area (Å²) in [7, 11) is -3.22. The van der Waals surface area contributed by atoms with E-state index in [1.54, 1.807) is 31.2 Å². The Balaban J connectivity index is 1.14. The van der Waals surface area contributed by atoms with Crippen molar-refractivity contribution in [2.45, 2.75) is 63.5 Å². The predicted octanol–water partition coefficient (Wildman–Crippen LogP) is 2.82. The molecule has 1 aliphatic heterocycles. The number of anilines is 2. The van der Waals surface area contributed by atoms with Crippen molar-refractivity contribution in [1.82, 2.24) is 10.6 Å². The summed E-state index contributed by atoms with van der Waals surface area (Å²) < 4.78 is 25.5. The van der Waals surface area contributed by atoms with Crippen molar-refractivity contribution in [3.05, 3.63) is 24.3 Å². The lowest BCUT2D eigenvalue weighted by Gasteiger charge is -2.56. The second-order valence-electron chi connectivity index (χ2n) is 10.3. The number of carbonyl (C=O) groups excluding carboxylic acids is 2. The standard InChI is InChI=1S/C23H32N4O4S/c1-15(24-19-3-5-20(6-4-19)27-7-2-8-32(27,30)31)21(28)25-22(29)26-23-12-16-9-17(13-23)11-18(10-16)14-23/h3-6,15-18,24H,2,7-14H2,1H3,(H2,25,26,28,29). The molecule has 5 aliphatic rings. The van der Waals surface area contributed by atoms with Crippen LogP contribution in [0.4, 0.5) is 16.2 Å². The summed E-state index contributed by atoms with van der Waals surface area (Å²) in [6.07, 6.45) is 7.63. The van der Waals surface area contributed by atoms with Gasteiger partial charge in [-0.05, 0) is 93.9 Å². The Morgan fingerprint density at radius 2 is 1.62 bits per heavy atom. The summed E-state index contributed by atoms with van der Waals surface area (Å²) >= 11 is 0. The molecule has 1 saturated heterocycles. The van der Waals surface area contributed by atoms with E-state index in [1.165, 1.54) is 23.6 Å². The van der Waals surface area contributed by atoms with E-state index in [1.807, 2.05) is 0 Å². The van der Waals surface area contributed by atoms with Crippen molar-refractivity contribution < 1.29 is 18.0 Å². The van der Waals surface area contributed by atoms with Crippen LogP contribution in [-0.4, -0.2) is 44.2 Å². The van der Waals surface area contributed by atoms with Gasteiger partial charge >= 0.3 is 6.03 Å². The SMILES string of the molecule is CC(Nc1ccc(N2CCCS2(=O)=O)cc1)C(=O)NC(=O)NC12CC3CC(CC(C3)C1)C2. The molecule has 8 nitrogen and oxygen atoms in total. The first kappa shape index (κ1) is 21.6. The van der Waals surface area contributed by atoms with Gasteiger partial charge in [0.15, 0.2) is 0 Å². The van der Waals surface area contributed by atoms with Gasteiger partial charge in [-0.15, -0.1) is 0 Å². The van der Waals surface area contributed by atoms with Gasteiger partial charge < -0.3 is 10.6 Å². The summed E-state index contributed by atoms with van der Waals surface area (Å²) in [4.78, 5) is 25.2. The van der Waals surface area contributed by atoms with Crippen LogP contribution in [-0.2, 0) is 14.8 Å². The fraction of sp³-hybridized carbons (Fsp3) is 0.652. The topological polar surface area (TPSA) is 108 Å². The Labute approximate surface area is 189 Å². The Kier molecular flexibility index (Phi) is 5.34. The second-order valence-corrected chi connectivity index (χ2v) is 12.3. The molecule has 1 atom stereocenters. The van der Waals surface area contributed by atoms with E-state index in [9.17, 15) is 18.0 Å². The van der Waals surface area contributed by atoms with E-state index in [2.05, 4.69) is 16.0 Å². The monoisotopic (exact) mass is 460 g/mol. The quantitative estimate of drug-likeness (QED) is 0.626. The fourth-order valence-electron chi connectivity index (χ4n) is 6.72. The van der Waals surface area contributed by atoms with E-state index in [4.69, 9.17) is 0 Å². The van der Waals surface area contributed by atoms with E-state index in [0.29, 0.717) is 24.3 Å². The van der Waals surface area contributed by atoms with E-state index in [-0.39, 0.29) is 11.3 Å². The van der Waals surface area contributed by atoms with E-state index in [0.717, 1.165) is 37.0 Å². The lowest BCUT2D eigenvalue weighted by molar-refractivity contribution is -0.120. The fourth-order valence-corrected chi connectivity index (χ4v) is 8.29. The summed E-state index contributed by atoms with van der Waals surface area (Å²) in [5.41, 5.74) is 1.18. The van der Waals surface area contributed by atoms with Gasteiger partial charge in [0.05, 0.1) is 11.4 Å². The minimum atomic E-state index is -3.22. The molecule has 0 spiro atoms. The summed E-state index contributed by atoms with van der Waals surface area (Å²) in [6.45, 7) is 2.19. The molecule has 174 valence electrons. The number of nitrogens with zero attached hydrogens (tertiary/aromatic N) is 1. The minimum Gasteiger partial charge on any atom is -0.374 e. The normalized spacial score (nSPS) is 33.0. The molecule has 1 aromatic rings. The number of hydrogen-bond donors (Lipinski definition) is 3. The largest absolute Gasteiger partial charge is 0.374 e. The van der Waals surface area contributed by atoms with E-state index < -0.39 is 28.0 Å². The molecule has 1 aromatic carbocycles. The van der Waals surface area contributed by atoms with Gasteiger partial charge in [-0.1, -0.05) is 0 Å². The average Bonchev–Trinajstić information content (AvgIpc) is 3.06. The van der Waals surface area contributed by atoms with Crippen LogP contribution < -0.4 is 20.3 Å². The number of nitrogens with one attached hydrogen (secondary N) is 3. The molecule has 4 aliphatic carbocycles. The van der Waals surface area contributed by atoms with Crippen molar-refractivity contribution in [3.63, 3.8) is 0 Å². The molecule has 5 fully saturated rings. The Morgan fingerprint density at radius 1 is 1.03 bits per heavy atom. The average molecular weight is 461 g/mol. The Morgan fingerprint density at radius 3 is 2.16 bits per heavy atom. The number of imide groups is 1. The van der Waals surface area contributed by atoms with E-state index >= 15 is 0 Å². The van der Waals surface area contributed by atoms with Gasteiger partial charge in [-0.25, -0.2) is 13.2 Å². The highest BCUT2D eigenvalue weighted by atomic mass is 32.2. The molecule has 0 radical (unpaired) electrons. The van der Waals surface area contributed by atoms with Crippen LogP contribution in [0.1, 0.15) is 51.9 Å². The minimum absolute atomic E-state index is 0.137. The number of amides is 3.